The minimum absolute atomic E-state index is 0.0285. The lowest BCUT2D eigenvalue weighted by Crippen LogP contribution is -2.23. The summed E-state index contributed by atoms with van der Waals surface area (Å²) in [5.41, 5.74) is 0.478. The van der Waals surface area contributed by atoms with Crippen LogP contribution < -0.4 is 0 Å². The summed E-state index contributed by atoms with van der Waals surface area (Å²) >= 11 is 0. The standard InChI is InChI=1S/C13H15FO2/c1-9-11(6-7-16-9)13(15)8-10-4-2-3-5-12(10)14/h2-5,9,11H,6-8H2,1H3. The van der Waals surface area contributed by atoms with Crippen LogP contribution in [0.3, 0.4) is 0 Å². The zero-order chi connectivity index (χ0) is 11.5. The van der Waals surface area contributed by atoms with Gasteiger partial charge in [-0.1, -0.05) is 18.2 Å². The molecule has 3 heteroatoms. The largest absolute Gasteiger partial charge is 0.378 e. The molecule has 1 fully saturated rings. The first-order valence-electron chi connectivity index (χ1n) is 5.56. The van der Waals surface area contributed by atoms with E-state index >= 15 is 0 Å². The van der Waals surface area contributed by atoms with Gasteiger partial charge < -0.3 is 4.74 Å². The number of carbonyl (C=O) groups excluding carboxylic acids is 1. The normalized spacial score (nSPS) is 24.6. The fraction of sp³-hybridized carbons (Fsp3) is 0.462. The zero-order valence-electron chi connectivity index (χ0n) is 9.28. The van der Waals surface area contributed by atoms with Gasteiger partial charge in [0.1, 0.15) is 11.6 Å². The van der Waals surface area contributed by atoms with Crippen LogP contribution in [0.1, 0.15) is 18.9 Å². The monoisotopic (exact) mass is 222 g/mol. The molecular formula is C13H15FO2. The van der Waals surface area contributed by atoms with E-state index in [1.165, 1.54) is 6.07 Å². The number of ketones is 1. The van der Waals surface area contributed by atoms with Crippen molar-refractivity contribution < 1.29 is 13.9 Å². The first-order chi connectivity index (χ1) is 7.68. The van der Waals surface area contributed by atoms with Crippen molar-refractivity contribution in [3.8, 4) is 0 Å². The molecule has 0 aromatic heterocycles. The highest BCUT2D eigenvalue weighted by atomic mass is 19.1. The molecule has 1 aromatic rings. The number of hydrogen-bond donors (Lipinski definition) is 0. The first-order valence-corrected chi connectivity index (χ1v) is 5.56. The molecule has 16 heavy (non-hydrogen) atoms. The molecule has 2 nitrogen and oxygen atoms in total. The smallest absolute Gasteiger partial charge is 0.143 e. The van der Waals surface area contributed by atoms with Crippen LogP contribution in [0.15, 0.2) is 24.3 Å². The average Bonchev–Trinajstić information content (AvgIpc) is 2.68. The van der Waals surface area contributed by atoms with Gasteiger partial charge in [-0.3, -0.25) is 4.79 Å². The van der Waals surface area contributed by atoms with Gasteiger partial charge in [-0.15, -0.1) is 0 Å². The number of Topliss-reactive ketones (excluding diaryl/α,β-unsaturated/α-hetero) is 1. The second kappa shape index (κ2) is 4.74. The molecule has 0 N–H and O–H groups in total. The third kappa shape index (κ3) is 2.30. The summed E-state index contributed by atoms with van der Waals surface area (Å²) < 4.78 is 18.7. The molecule has 2 rings (SSSR count). The Bertz CT molecular complexity index is 389. The van der Waals surface area contributed by atoms with Gasteiger partial charge in [0, 0.05) is 18.9 Å². The van der Waals surface area contributed by atoms with Crippen LogP contribution in [0, 0.1) is 11.7 Å². The van der Waals surface area contributed by atoms with Crippen LogP contribution in [0.4, 0.5) is 4.39 Å². The molecule has 0 spiro atoms. The Kier molecular flexibility index (Phi) is 3.34. The van der Waals surface area contributed by atoms with E-state index in [1.807, 2.05) is 6.92 Å². The molecule has 1 saturated heterocycles. The molecule has 0 radical (unpaired) electrons. The SMILES string of the molecule is CC1OCCC1C(=O)Cc1ccccc1F. The molecule has 86 valence electrons. The van der Waals surface area contributed by atoms with Crippen molar-refractivity contribution >= 4 is 5.78 Å². The number of hydrogen-bond acceptors (Lipinski definition) is 2. The number of ether oxygens (including phenoxy) is 1. The van der Waals surface area contributed by atoms with Crippen molar-refractivity contribution in [2.45, 2.75) is 25.9 Å². The van der Waals surface area contributed by atoms with E-state index in [0.717, 1.165) is 6.42 Å². The highest BCUT2D eigenvalue weighted by Crippen LogP contribution is 2.23. The molecule has 2 atom stereocenters. The zero-order valence-corrected chi connectivity index (χ0v) is 9.28. The van der Waals surface area contributed by atoms with Crippen molar-refractivity contribution in [2.75, 3.05) is 6.61 Å². The van der Waals surface area contributed by atoms with Crippen LogP contribution in [0.25, 0.3) is 0 Å². The van der Waals surface area contributed by atoms with Crippen molar-refractivity contribution in [1.82, 2.24) is 0 Å². The molecule has 1 aliphatic heterocycles. The van der Waals surface area contributed by atoms with Gasteiger partial charge in [0.25, 0.3) is 0 Å². The van der Waals surface area contributed by atoms with E-state index in [4.69, 9.17) is 4.74 Å². The van der Waals surface area contributed by atoms with Gasteiger partial charge in [-0.05, 0) is 25.0 Å². The summed E-state index contributed by atoms with van der Waals surface area (Å²) in [6.07, 6.45) is 0.902. The Morgan fingerprint density at radius 1 is 1.50 bits per heavy atom. The second-order valence-corrected chi connectivity index (χ2v) is 4.21. The third-order valence-electron chi connectivity index (χ3n) is 3.11. The van der Waals surface area contributed by atoms with E-state index < -0.39 is 0 Å². The molecule has 0 amide bonds. The van der Waals surface area contributed by atoms with Crippen molar-refractivity contribution in [2.24, 2.45) is 5.92 Å². The Labute approximate surface area is 94.4 Å². The summed E-state index contributed by atoms with van der Waals surface area (Å²) in [5.74, 6) is -0.294. The lowest BCUT2D eigenvalue weighted by atomic mass is 9.93. The average molecular weight is 222 g/mol. The van der Waals surface area contributed by atoms with Crippen LogP contribution in [0.5, 0.6) is 0 Å². The van der Waals surface area contributed by atoms with E-state index in [0.29, 0.717) is 12.2 Å². The van der Waals surface area contributed by atoms with Crippen LogP contribution >= 0.6 is 0 Å². The van der Waals surface area contributed by atoms with Crippen LogP contribution in [-0.4, -0.2) is 18.5 Å². The lowest BCUT2D eigenvalue weighted by Gasteiger charge is -2.12. The van der Waals surface area contributed by atoms with Gasteiger partial charge in [0.2, 0.25) is 0 Å². The molecule has 0 aliphatic carbocycles. The Morgan fingerprint density at radius 2 is 2.25 bits per heavy atom. The first kappa shape index (κ1) is 11.3. The summed E-state index contributed by atoms with van der Waals surface area (Å²) in [4.78, 5) is 11.9. The fourth-order valence-corrected chi connectivity index (χ4v) is 2.12. The van der Waals surface area contributed by atoms with E-state index in [1.54, 1.807) is 18.2 Å². The van der Waals surface area contributed by atoms with Crippen LogP contribution in [0.2, 0.25) is 0 Å². The lowest BCUT2D eigenvalue weighted by molar-refractivity contribution is -0.123. The van der Waals surface area contributed by atoms with Crippen molar-refractivity contribution in [3.05, 3.63) is 35.6 Å². The van der Waals surface area contributed by atoms with E-state index in [-0.39, 0.29) is 30.0 Å². The summed E-state index contributed by atoms with van der Waals surface area (Å²) in [7, 11) is 0. The van der Waals surface area contributed by atoms with Gasteiger partial charge >= 0.3 is 0 Å². The summed E-state index contributed by atoms with van der Waals surface area (Å²) in [6, 6.07) is 6.43. The predicted molar refractivity (Wildman–Crippen MR) is 58.6 cm³/mol. The molecular weight excluding hydrogens is 207 g/mol. The van der Waals surface area contributed by atoms with Gasteiger partial charge in [-0.25, -0.2) is 4.39 Å². The van der Waals surface area contributed by atoms with Gasteiger partial charge in [0.05, 0.1) is 6.10 Å². The molecule has 1 aliphatic rings. The third-order valence-corrected chi connectivity index (χ3v) is 3.11. The minimum atomic E-state index is -0.303. The maximum Gasteiger partial charge on any atom is 0.143 e. The minimum Gasteiger partial charge on any atom is -0.378 e. The molecule has 0 bridgehead atoms. The van der Waals surface area contributed by atoms with Crippen LogP contribution in [-0.2, 0) is 16.0 Å². The van der Waals surface area contributed by atoms with Crippen molar-refractivity contribution in [3.63, 3.8) is 0 Å². The molecule has 1 heterocycles. The molecule has 2 unspecified atom stereocenters. The maximum absolute atomic E-state index is 13.4. The van der Waals surface area contributed by atoms with E-state index in [2.05, 4.69) is 0 Å². The second-order valence-electron chi connectivity index (χ2n) is 4.21. The Balaban J connectivity index is 2.05. The Hall–Kier alpha value is -1.22. The fourth-order valence-electron chi connectivity index (χ4n) is 2.12. The highest BCUT2D eigenvalue weighted by molar-refractivity contribution is 5.84. The van der Waals surface area contributed by atoms with Crippen molar-refractivity contribution in [1.29, 1.82) is 0 Å². The Morgan fingerprint density at radius 3 is 2.88 bits per heavy atom. The topological polar surface area (TPSA) is 26.3 Å². The molecule has 0 saturated carbocycles. The van der Waals surface area contributed by atoms with Gasteiger partial charge in [0.15, 0.2) is 0 Å². The van der Waals surface area contributed by atoms with Gasteiger partial charge in [-0.2, -0.15) is 0 Å². The maximum atomic E-state index is 13.4. The number of rotatable bonds is 3. The summed E-state index contributed by atoms with van der Waals surface area (Å²) in [5, 5.41) is 0. The number of carbonyl (C=O) groups is 1. The molecule has 1 aromatic carbocycles. The quantitative estimate of drug-likeness (QED) is 0.784. The summed E-state index contributed by atoms with van der Waals surface area (Å²) in [6.45, 7) is 2.53. The number of halogens is 1. The highest BCUT2D eigenvalue weighted by Gasteiger charge is 2.30. The predicted octanol–water partition coefficient (Wildman–Crippen LogP) is 2.36. The number of benzene rings is 1. The van der Waals surface area contributed by atoms with E-state index in [9.17, 15) is 9.18 Å².